The van der Waals surface area contributed by atoms with Gasteiger partial charge in [-0.05, 0) is 48.2 Å². The molecule has 0 fully saturated rings. The van der Waals surface area contributed by atoms with Crippen molar-refractivity contribution in [1.29, 1.82) is 0 Å². The Morgan fingerprint density at radius 1 is 0.950 bits per heavy atom. The molecule has 0 aliphatic carbocycles. The fourth-order valence-electron chi connectivity index (χ4n) is 2.08. The number of aryl methyl sites for hydroxylation is 2. The smallest absolute Gasteiger partial charge is 0.166 e. The van der Waals surface area contributed by atoms with Gasteiger partial charge in [-0.25, -0.2) is 0 Å². The monoisotopic (exact) mass is 276 g/mol. The van der Waals surface area contributed by atoms with Crippen LogP contribution < -0.4 is 0 Å². The highest BCUT2D eigenvalue weighted by Crippen LogP contribution is 2.31. The van der Waals surface area contributed by atoms with Crippen molar-refractivity contribution < 1.29 is 13.2 Å². The molecule has 0 amide bonds. The fourth-order valence-corrected chi connectivity index (χ4v) is 2.08. The molecule has 0 saturated heterocycles. The Morgan fingerprint density at radius 2 is 1.55 bits per heavy atom. The van der Waals surface area contributed by atoms with E-state index in [1.807, 2.05) is 32.0 Å². The van der Waals surface area contributed by atoms with Gasteiger partial charge in [-0.3, -0.25) is 0 Å². The molecule has 0 aliphatic rings. The van der Waals surface area contributed by atoms with Crippen LogP contribution in [0.3, 0.4) is 0 Å². The third kappa shape index (κ3) is 2.93. The van der Waals surface area contributed by atoms with E-state index in [0.29, 0.717) is 5.56 Å². The molecule has 3 heteroatoms. The zero-order chi connectivity index (χ0) is 14.9. The van der Waals surface area contributed by atoms with E-state index >= 15 is 0 Å². The third-order valence-electron chi connectivity index (χ3n) is 3.28. The Balaban J connectivity index is 2.37. The highest BCUT2D eigenvalue weighted by atomic mass is 19.4. The number of benzene rings is 2. The van der Waals surface area contributed by atoms with Gasteiger partial charge < -0.3 is 0 Å². The Kier molecular flexibility index (Phi) is 3.71. The molecule has 0 heterocycles. The lowest BCUT2D eigenvalue weighted by atomic mass is 9.94. The first kappa shape index (κ1) is 14.4. The van der Waals surface area contributed by atoms with E-state index in [9.17, 15) is 13.2 Å². The zero-order valence-corrected chi connectivity index (χ0v) is 11.4. The highest BCUT2D eigenvalue weighted by Gasteiger charge is 2.30. The van der Waals surface area contributed by atoms with E-state index in [0.717, 1.165) is 34.4 Å². The summed E-state index contributed by atoms with van der Waals surface area (Å²) in [7, 11) is 0. The molecule has 0 atom stereocenters. The molecule has 0 unspecified atom stereocenters. The minimum Gasteiger partial charge on any atom is -0.166 e. The molecule has 2 aromatic carbocycles. The molecule has 0 saturated carbocycles. The molecule has 0 N–H and O–H groups in total. The van der Waals surface area contributed by atoms with Crippen molar-refractivity contribution in [2.75, 3.05) is 0 Å². The van der Waals surface area contributed by atoms with Crippen molar-refractivity contribution in [3.63, 3.8) is 0 Å². The maximum atomic E-state index is 12.5. The summed E-state index contributed by atoms with van der Waals surface area (Å²) in [6, 6.07) is 11.1. The van der Waals surface area contributed by atoms with E-state index in [-0.39, 0.29) is 0 Å². The van der Waals surface area contributed by atoms with Crippen molar-refractivity contribution in [3.05, 3.63) is 76.9 Å². The summed E-state index contributed by atoms with van der Waals surface area (Å²) in [6.45, 7) is 7.95. The van der Waals surface area contributed by atoms with E-state index in [2.05, 4.69) is 6.58 Å². The average molecular weight is 276 g/mol. The van der Waals surface area contributed by atoms with Gasteiger partial charge in [-0.2, -0.15) is 13.2 Å². The third-order valence-corrected chi connectivity index (χ3v) is 3.28. The van der Waals surface area contributed by atoms with Crippen LogP contribution in [0.1, 0.15) is 27.8 Å². The predicted octanol–water partition coefficient (Wildman–Crippen LogP) is 5.38. The van der Waals surface area contributed by atoms with Gasteiger partial charge in [0.05, 0.1) is 5.56 Å². The first-order chi connectivity index (χ1) is 9.29. The molecule has 2 rings (SSSR count). The average Bonchev–Trinajstić information content (AvgIpc) is 2.40. The van der Waals surface area contributed by atoms with E-state index in [4.69, 9.17) is 0 Å². The van der Waals surface area contributed by atoms with Crippen molar-refractivity contribution in [2.24, 2.45) is 0 Å². The van der Waals surface area contributed by atoms with Crippen molar-refractivity contribution >= 4 is 5.57 Å². The van der Waals surface area contributed by atoms with Gasteiger partial charge in [-0.1, -0.05) is 42.5 Å². The molecule has 2 aromatic rings. The number of hydrogen-bond acceptors (Lipinski definition) is 0. The van der Waals surface area contributed by atoms with Crippen LogP contribution in [-0.4, -0.2) is 0 Å². The van der Waals surface area contributed by atoms with Gasteiger partial charge in [0.1, 0.15) is 0 Å². The Labute approximate surface area is 116 Å². The topological polar surface area (TPSA) is 0 Å². The van der Waals surface area contributed by atoms with Gasteiger partial charge in [-0.15, -0.1) is 0 Å². The first-order valence-electron chi connectivity index (χ1n) is 6.23. The van der Waals surface area contributed by atoms with Gasteiger partial charge in [0.15, 0.2) is 0 Å². The first-order valence-corrected chi connectivity index (χ1v) is 6.23. The number of rotatable bonds is 2. The fraction of sp³-hybridized carbons (Fsp3) is 0.176. The Hall–Kier alpha value is -2.03. The van der Waals surface area contributed by atoms with Crippen molar-refractivity contribution in [3.8, 4) is 0 Å². The van der Waals surface area contributed by atoms with Crippen LogP contribution in [0.2, 0.25) is 0 Å². The van der Waals surface area contributed by atoms with Crippen LogP contribution in [-0.2, 0) is 6.18 Å². The molecule has 20 heavy (non-hydrogen) atoms. The van der Waals surface area contributed by atoms with Gasteiger partial charge >= 0.3 is 6.18 Å². The van der Waals surface area contributed by atoms with Crippen LogP contribution in [0.5, 0.6) is 0 Å². The summed E-state index contributed by atoms with van der Waals surface area (Å²) < 4.78 is 37.6. The van der Waals surface area contributed by atoms with Gasteiger partial charge in [0.25, 0.3) is 0 Å². The maximum Gasteiger partial charge on any atom is 0.416 e. The summed E-state index contributed by atoms with van der Waals surface area (Å²) in [6.07, 6.45) is -4.31. The molecule has 0 spiro atoms. The van der Waals surface area contributed by atoms with E-state index in [1.54, 1.807) is 0 Å². The van der Waals surface area contributed by atoms with Crippen LogP contribution in [0.4, 0.5) is 13.2 Å². The van der Waals surface area contributed by atoms with Crippen LogP contribution in [0, 0.1) is 13.8 Å². The molecular weight excluding hydrogens is 261 g/mol. The maximum absolute atomic E-state index is 12.5. The van der Waals surface area contributed by atoms with Gasteiger partial charge in [0, 0.05) is 0 Å². The van der Waals surface area contributed by atoms with Crippen LogP contribution in [0.15, 0.2) is 49.0 Å². The lowest BCUT2D eigenvalue weighted by Gasteiger charge is -2.12. The van der Waals surface area contributed by atoms with E-state index < -0.39 is 11.7 Å². The van der Waals surface area contributed by atoms with Gasteiger partial charge in [0.2, 0.25) is 0 Å². The summed E-state index contributed by atoms with van der Waals surface area (Å²) in [5.74, 6) is 0. The molecule has 0 aromatic heterocycles. The second-order valence-electron chi connectivity index (χ2n) is 4.87. The zero-order valence-electron chi connectivity index (χ0n) is 11.4. The summed E-state index contributed by atoms with van der Waals surface area (Å²) >= 11 is 0. The van der Waals surface area contributed by atoms with E-state index in [1.165, 1.54) is 12.1 Å². The molecule has 0 bridgehead atoms. The van der Waals surface area contributed by atoms with Crippen LogP contribution in [0.25, 0.3) is 5.57 Å². The second-order valence-corrected chi connectivity index (χ2v) is 4.87. The summed E-state index contributed by atoms with van der Waals surface area (Å²) in [5, 5.41) is 0. The largest absolute Gasteiger partial charge is 0.416 e. The predicted molar refractivity (Wildman–Crippen MR) is 75.5 cm³/mol. The number of halogens is 3. The number of alkyl halides is 3. The Bertz CT molecular complexity index is 634. The van der Waals surface area contributed by atoms with Crippen molar-refractivity contribution in [2.45, 2.75) is 20.0 Å². The molecule has 0 aliphatic heterocycles. The molecule has 0 nitrogen and oxygen atoms in total. The Morgan fingerprint density at radius 3 is 2.10 bits per heavy atom. The lowest BCUT2D eigenvalue weighted by Crippen LogP contribution is -2.04. The molecule has 104 valence electrons. The molecular formula is C17H15F3. The minimum absolute atomic E-state index is 0.644. The van der Waals surface area contributed by atoms with Crippen LogP contribution >= 0.6 is 0 Å². The molecule has 0 radical (unpaired) electrons. The summed E-state index contributed by atoms with van der Waals surface area (Å²) in [4.78, 5) is 0. The minimum atomic E-state index is -4.31. The normalized spacial score (nSPS) is 11.4. The van der Waals surface area contributed by atoms with Crippen molar-refractivity contribution in [1.82, 2.24) is 0 Å². The summed E-state index contributed by atoms with van der Waals surface area (Å²) in [5.41, 5.74) is 3.91. The SMILES string of the molecule is C=C(c1ccc(C(F)(F)F)cc1)c1cc(C)ccc1C. The standard InChI is InChI=1S/C17H15F3/c1-11-4-5-12(2)16(10-11)13(3)14-6-8-15(9-7-14)17(18,19)20/h4-10H,3H2,1-2H3. The second kappa shape index (κ2) is 5.16. The highest BCUT2D eigenvalue weighted by molar-refractivity contribution is 5.80. The number of hydrogen-bond donors (Lipinski definition) is 0. The quantitative estimate of drug-likeness (QED) is 0.690. The lowest BCUT2D eigenvalue weighted by molar-refractivity contribution is -0.137.